The summed E-state index contributed by atoms with van der Waals surface area (Å²) < 4.78 is 0. The third kappa shape index (κ3) is 6.40. The van der Waals surface area contributed by atoms with Gasteiger partial charge in [-0.2, -0.15) is 0 Å². The minimum Gasteiger partial charge on any atom is -0.387 e. The van der Waals surface area contributed by atoms with E-state index in [-0.39, 0.29) is 0 Å². The number of allylic oxidation sites excluding steroid dienone is 6. The van der Waals surface area contributed by atoms with E-state index in [9.17, 15) is 9.59 Å². The number of aldehydes is 1. The van der Waals surface area contributed by atoms with Gasteiger partial charge in [0.25, 0.3) is 0 Å². The van der Waals surface area contributed by atoms with Gasteiger partial charge in [0.15, 0.2) is 0 Å². The third-order valence-electron chi connectivity index (χ3n) is 4.21. The molecule has 0 aliphatic rings. The molecule has 0 fully saturated rings. The Morgan fingerprint density at radius 3 is 2.25 bits per heavy atom. The van der Waals surface area contributed by atoms with Gasteiger partial charge < -0.3 is 10.2 Å². The Bertz CT molecular complexity index is 850. The number of amides is 1. The minimum absolute atomic E-state index is 0.540. The summed E-state index contributed by atoms with van der Waals surface area (Å²) in [5.41, 5.74) is 4.65. The fourth-order valence-corrected chi connectivity index (χ4v) is 2.70. The predicted octanol–water partition coefficient (Wildman–Crippen LogP) is 4.51. The molecule has 2 aromatic carbocycles. The standard InChI is InChI=1S/C24H26N2O2/c1-3-7-21(18-27)11-10-20(2)25-16-17-26(19-28)24-14-12-23(13-15-24)22-8-5-4-6-9-22/h3-15,18-19,25H,16-17H2,1-2H3/b7-3-,20-10+,21-11+. The van der Waals surface area contributed by atoms with E-state index in [0.717, 1.165) is 35.2 Å². The summed E-state index contributed by atoms with van der Waals surface area (Å²) in [6.45, 7) is 4.94. The van der Waals surface area contributed by atoms with Crippen LogP contribution in [0.3, 0.4) is 0 Å². The molecule has 0 aliphatic carbocycles. The van der Waals surface area contributed by atoms with Gasteiger partial charge in [-0.1, -0.05) is 60.7 Å². The first kappa shape index (κ1) is 20.9. The molecular formula is C24H26N2O2. The number of hydrogen-bond donors (Lipinski definition) is 1. The Labute approximate surface area is 166 Å². The SMILES string of the molecule is C\C=C/C(C=O)=C\C=C(/C)NCCN(C=O)c1ccc(-c2ccccc2)cc1. The maximum absolute atomic E-state index is 11.5. The largest absolute Gasteiger partial charge is 0.387 e. The molecule has 0 unspecified atom stereocenters. The van der Waals surface area contributed by atoms with Crippen molar-refractivity contribution in [2.24, 2.45) is 0 Å². The zero-order valence-electron chi connectivity index (χ0n) is 16.3. The minimum atomic E-state index is 0.540. The molecule has 0 saturated heterocycles. The normalized spacial score (nSPS) is 12.1. The van der Waals surface area contributed by atoms with Crippen LogP contribution in [0.4, 0.5) is 5.69 Å². The summed E-state index contributed by atoms with van der Waals surface area (Å²) in [7, 11) is 0. The molecule has 0 aromatic heterocycles. The smallest absolute Gasteiger partial charge is 0.214 e. The molecule has 28 heavy (non-hydrogen) atoms. The number of nitrogens with zero attached hydrogens (tertiary/aromatic N) is 1. The lowest BCUT2D eigenvalue weighted by atomic mass is 10.1. The monoisotopic (exact) mass is 374 g/mol. The first-order valence-corrected chi connectivity index (χ1v) is 9.25. The molecular weight excluding hydrogens is 348 g/mol. The van der Waals surface area contributed by atoms with E-state index in [4.69, 9.17) is 0 Å². The van der Waals surface area contributed by atoms with Crippen LogP contribution in [-0.4, -0.2) is 25.8 Å². The number of nitrogens with one attached hydrogen (secondary N) is 1. The molecule has 1 amide bonds. The molecule has 4 nitrogen and oxygen atoms in total. The number of benzene rings is 2. The van der Waals surface area contributed by atoms with Crippen molar-refractivity contribution >= 4 is 18.4 Å². The molecule has 144 valence electrons. The highest BCUT2D eigenvalue weighted by Gasteiger charge is 2.05. The zero-order valence-corrected chi connectivity index (χ0v) is 16.3. The highest BCUT2D eigenvalue weighted by molar-refractivity contribution is 5.78. The third-order valence-corrected chi connectivity index (χ3v) is 4.21. The van der Waals surface area contributed by atoms with Gasteiger partial charge in [0.1, 0.15) is 6.29 Å². The van der Waals surface area contributed by atoms with Crippen molar-refractivity contribution in [2.75, 3.05) is 18.0 Å². The van der Waals surface area contributed by atoms with Crippen LogP contribution in [0.15, 0.2) is 90.2 Å². The Kier molecular flexibility index (Phi) is 8.47. The predicted molar refractivity (Wildman–Crippen MR) is 116 cm³/mol. The summed E-state index contributed by atoms with van der Waals surface area (Å²) in [6.07, 6.45) is 8.84. The van der Waals surface area contributed by atoms with Crippen molar-refractivity contribution in [1.82, 2.24) is 5.32 Å². The lowest BCUT2D eigenvalue weighted by Crippen LogP contribution is -2.30. The lowest BCUT2D eigenvalue weighted by molar-refractivity contribution is -0.107. The van der Waals surface area contributed by atoms with Gasteiger partial charge in [0.05, 0.1) is 0 Å². The fraction of sp³-hybridized carbons (Fsp3) is 0.167. The summed E-state index contributed by atoms with van der Waals surface area (Å²) in [4.78, 5) is 24.1. The number of carbonyl (C=O) groups excluding carboxylic acids is 2. The first-order chi connectivity index (χ1) is 13.7. The van der Waals surface area contributed by atoms with Gasteiger partial charge in [-0.05, 0) is 43.2 Å². The van der Waals surface area contributed by atoms with Gasteiger partial charge in [0, 0.05) is 30.0 Å². The molecule has 0 saturated carbocycles. The molecule has 0 radical (unpaired) electrons. The van der Waals surface area contributed by atoms with Gasteiger partial charge in [-0.25, -0.2) is 0 Å². The summed E-state index contributed by atoms with van der Waals surface area (Å²) in [5, 5.41) is 3.25. The van der Waals surface area contributed by atoms with E-state index in [2.05, 4.69) is 17.4 Å². The number of anilines is 1. The van der Waals surface area contributed by atoms with Gasteiger partial charge in [-0.3, -0.25) is 9.59 Å². The molecule has 0 aliphatic heterocycles. The van der Waals surface area contributed by atoms with Crippen LogP contribution in [0.1, 0.15) is 13.8 Å². The number of hydrogen-bond acceptors (Lipinski definition) is 3. The Morgan fingerprint density at radius 1 is 0.964 bits per heavy atom. The van der Waals surface area contributed by atoms with Crippen LogP contribution in [0, 0.1) is 0 Å². The van der Waals surface area contributed by atoms with Crippen molar-refractivity contribution in [1.29, 1.82) is 0 Å². The first-order valence-electron chi connectivity index (χ1n) is 9.25. The highest BCUT2D eigenvalue weighted by atomic mass is 16.1. The van der Waals surface area contributed by atoms with Crippen molar-refractivity contribution in [3.63, 3.8) is 0 Å². The maximum atomic E-state index is 11.5. The Morgan fingerprint density at radius 2 is 1.64 bits per heavy atom. The van der Waals surface area contributed by atoms with Crippen LogP contribution in [0.25, 0.3) is 11.1 Å². The molecule has 0 spiro atoms. The van der Waals surface area contributed by atoms with E-state index in [0.29, 0.717) is 18.7 Å². The Hall–Kier alpha value is -3.40. The fourth-order valence-electron chi connectivity index (χ4n) is 2.70. The summed E-state index contributed by atoms with van der Waals surface area (Å²) in [5.74, 6) is 0. The molecule has 1 N–H and O–H groups in total. The molecule has 0 heterocycles. The van der Waals surface area contributed by atoms with Crippen molar-refractivity contribution in [2.45, 2.75) is 13.8 Å². The second-order valence-corrected chi connectivity index (χ2v) is 6.27. The van der Waals surface area contributed by atoms with E-state index in [1.165, 1.54) is 0 Å². The average Bonchev–Trinajstić information content (AvgIpc) is 2.75. The summed E-state index contributed by atoms with van der Waals surface area (Å²) in [6, 6.07) is 18.1. The maximum Gasteiger partial charge on any atom is 0.214 e. The average molecular weight is 374 g/mol. The molecule has 2 aromatic rings. The number of carbonyl (C=O) groups is 2. The van der Waals surface area contributed by atoms with Gasteiger partial charge >= 0.3 is 0 Å². The molecule has 0 atom stereocenters. The van der Waals surface area contributed by atoms with E-state index >= 15 is 0 Å². The molecule has 2 rings (SSSR count). The van der Waals surface area contributed by atoms with Crippen LogP contribution in [0.2, 0.25) is 0 Å². The van der Waals surface area contributed by atoms with Gasteiger partial charge in [0.2, 0.25) is 6.41 Å². The van der Waals surface area contributed by atoms with E-state index in [1.807, 2.05) is 68.5 Å². The van der Waals surface area contributed by atoms with Crippen LogP contribution < -0.4 is 10.2 Å². The number of rotatable bonds is 10. The zero-order chi connectivity index (χ0) is 20.2. The second-order valence-electron chi connectivity index (χ2n) is 6.27. The lowest BCUT2D eigenvalue weighted by Gasteiger charge is -2.18. The van der Waals surface area contributed by atoms with Crippen LogP contribution in [-0.2, 0) is 9.59 Å². The van der Waals surface area contributed by atoms with E-state index < -0.39 is 0 Å². The van der Waals surface area contributed by atoms with Crippen LogP contribution in [0.5, 0.6) is 0 Å². The van der Waals surface area contributed by atoms with E-state index in [1.54, 1.807) is 17.1 Å². The van der Waals surface area contributed by atoms with Crippen molar-refractivity contribution in [3.05, 3.63) is 90.2 Å². The molecule has 0 bridgehead atoms. The highest BCUT2D eigenvalue weighted by Crippen LogP contribution is 2.22. The topological polar surface area (TPSA) is 49.4 Å². The summed E-state index contributed by atoms with van der Waals surface area (Å²) >= 11 is 0. The quantitative estimate of drug-likeness (QED) is 0.378. The second kappa shape index (κ2) is 11.3. The Balaban J connectivity index is 1.93. The van der Waals surface area contributed by atoms with Crippen molar-refractivity contribution in [3.8, 4) is 11.1 Å². The van der Waals surface area contributed by atoms with Crippen LogP contribution >= 0.6 is 0 Å². The van der Waals surface area contributed by atoms with Crippen molar-refractivity contribution < 1.29 is 9.59 Å². The molecule has 4 heteroatoms. The van der Waals surface area contributed by atoms with Gasteiger partial charge in [-0.15, -0.1) is 0 Å².